The Bertz CT molecular complexity index is 822. The first-order valence-electron chi connectivity index (χ1n) is 10.0. The van der Waals surface area contributed by atoms with E-state index in [1.165, 1.54) is 0 Å². The van der Waals surface area contributed by atoms with Crippen molar-refractivity contribution in [3.8, 4) is 5.75 Å². The molecule has 1 amide bonds. The summed E-state index contributed by atoms with van der Waals surface area (Å²) in [6.07, 6.45) is 2.58. The fraction of sp³-hybridized carbons (Fsp3) is 0.650. The van der Waals surface area contributed by atoms with Gasteiger partial charge in [0, 0.05) is 32.8 Å². The van der Waals surface area contributed by atoms with Gasteiger partial charge in [0.25, 0.3) is 5.91 Å². The largest absolute Gasteiger partial charge is 0.497 e. The fourth-order valence-corrected chi connectivity index (χ4v) is 6.84. The second kappa shape index (κ2) is 8.00. The summed E-state index contributed by atoms with van der Waals surface area (Å²) in [5.41, 5.74) is 0.926. The van der Waals surface area contributed by atoms with E-state index >= 15 is 0 Å². The van der Waals surface area contributed by atoms with E-state index in [9.17, 15) is 13.2 Å². The second-order valence-electron chi connectivity index (χ2n) is 7.89. The van der Waals surface area contributed by atoms with Crippen molar-refractivity contribution in [3.05, 3.63) is 29.8 Å². The first-order valence-corrected chi connectivity index (χ1v) is 11.5. The lowest BCUT2D eigenvalue weighted by molar-refractivity contribution is -0.140. The van der Waals surface area contributed by atoms with Crippen molar-refractivity contribution in [2.75, 3.05) is 33.4 Å². The van der Waals surface area contributed by atoms with Crippen molar-refractivity contribution in [1.29, 1.82) is 0 Å². The average Bonchev–Trinajstić information content (AvgIpc) is 3.23. The normalized spacial score (nSPS) is 30.0. The van der Waals surface area contributed by atoms with Crippen LogP contribution in [0.25, 0.3) is 0 Å². The summed E-state index contributed by atoms with van der Waals surface area (Å²) in [7, 11) is -1.77. The zero-order valence-electron chi connectivity index (χ0n) is 16.2. The SMILES string of the molecule is COc1cccc(CN2C[C@@H]3CCN(C(=O)C4CCCO4)CC[C@@H]3S2(=O)=O)c1. The molecule has 0 radical (unpaired) electrons. The molecule has 8 heteroatoms. The predicted molar refractivity (Wildman–Crippen MR) is 104 cm³/mol. The molecular weight excluding hydrogens is 380 g/mol. The molecular formula is C20H28N2O5S. The number of hydrogen-bond acceptors (Lipinski definition) is 5. The molecule has 3 saturated heterocycles. The van der Waals surface area contributed by atoms with Crippen molar-refractivity contribution in [3.63, 3.8) is 0 Å². The van der Waals surface area contributed by atoms with Crippen LogP contribution >= 0.6 is 0 Å². The van der Waals surface area contributed by atoms with E-state index in [2.05, 4.69) is 0 Å². The quantitative estimate of drug-likeness (QED) is 0.757. The van der Waals surface area contributed by atoms with Crippen molar-refractivity contribution < 1.29 is 22.7 Å². The highest BCUT2D eigenvalue weighted by Gasteiger charge is 2.47. The average molecular weight is 409 g/mol. The number of benzene rings is 1. The van der Waals surface area contributed by atoms with Crippen LogP contribution in [0.5, 0.6) is 5.75 Å². The highest BCUT2D eigenvalue weighted by molar-refractivity contribution is 7.90. The Kier molecular flexibility index (Phi) is 5.62. The molecule has 0 N–H and O–H groups in total. The van der Waals surface area contributed by atoms with E-state index < -0.39 is 15.3 Å². The molecule has 0 spiro atoms. The van der Waals surface area contributed by atoms with Crippen molar-refractivity contribution in [1.82, 2.24) is 9.21 Å². The maximum atomic E-state index is 13.1. The summed E-state index contributed by atoms with van der Waals surface area (Å²) < 4.78 is 38.6. The molecule has 1 aromatic rings. The molecule has 3 aliphatic heterocycles. The van der Waals surface area contributed by atoms with Crippen molar-refractivity contribution in [2.45, 2.75) is 43.6 Å². The molecule has 0 bridgehead atoms. The highest BCUT2D eigenvalue weighted by Crippen LogP contribution is 2.35. The van der Waals surface area contributed by atoms with Gasteiger partial charge in [0.1, 0.15) is 11.9 Å². The van der Waals surface area contributed by atoms with Crippen LogP contribution in [0.1, 0.15) is 31.2 Å². The zero-order valence-corrected chi connectivity index (χ0v) is 17.1. The monoisotopic (exact) mass is 408 g/mol. The lowest BCUT2D eigenvalue weighted by atomic mass is 10.0. The number of nitrogens with zero attached hydrogens (tertiary/aromatic N) is 2. The van der Waals surface area contributed by atoms with Gasteiger partial charge < -0.3 is 14.4 Å². The summed E-state index contributed by atoms with van der Waals surface area (Å²) in [5.74, 6) is 0.826. The number of sulfonamides is 1. The van der Waals surface area contributed by atoms with Gasteiger partial charge in [-0.05, 0) is 49.3 Å². The Morgan fingerprint density at radius 1 is 1.25 bits per heavy atom. The van der Waals surface area contributed by atoms with Gasteiger partial charge in [-0.25, -0.2) is 8.42 Å². The molecule has 28 heavy (non-hydrogen) atoms. The fourth-order valence-electron chi connectivity index (χ4n) is 4.62. The number of carbonyl (C=O) groups is 1. The molecule has 3 heterocycles. The molecule has 0 aliphatic carbocycles. The van der Waals surface area contributed by atoms with E-state index in [0.29, 0.717) is 39.2 Å². The third-order valence-electron chi connectivity index (χ3n) is 6.17. The van der Waals surface area contributed by atoms with Gasteiger partial charge >= 0.3 is 0 Å². The van der Waals surface area contributed by atoms with Crippen molar-refractivity contribution >= 4 is 15.9 Å². The number of rotatable bonds is 4. The minimum absolute atomic E-state index is 0.0307. The maximum absolute atomic E-state index is 13.1. The molecule has 3 aliphatic rings. The van der Waals surface area contributed by atoms with Gasteiger partial charge in [0.2, 0.25) is 10.0 Å². The Balaban J connectivity index is 1.43. The predicted octanol–water partition coefficient (Wildman–Crippen LogP) is 1.63. The molecule has 3 atom stereocenters. The Morgan fingerprint density at radius 2 is 2.07 bits per heavy atom. The van der Waals surface area contributed by atoms with Gasteiger partial charge in [0.05, 0.1) is 12.4 Å². The lowest BCUT2D eigenvalue weighted by Crippen LogP contribution is -2.40. The minimum Gasteiger partial charge on any atom is -0.497 e. The van der Waals surface area contributed by atoms with Crippen LogP contribution in [0, 0.1) is 5.92 Å². The Labute approximate surface area is 166 Å². The topological polar surface area (TPSA) is 76.2 Å². The van der Waals surface area contributed by atoms with E-state index in [1.807, 2.05) is 29.2 Å². The Morgan fingerprint density at radius 3 is 2.82 bits per heavy atom. The Hall–Kier alpha value is -1.64. The molecule has 3 fully saturated rings. The van der Waals surface area contributed by atoms with Crippen LogP contribution in [-0.4, -0.2) is 68.2 Å². The number of hydrogen-bond donors (Lipinski definition) is 0. The molecule has 1 unspecified atom stereocenters. The van der Waals surface area contributed by atoms with Crippen LogP contribution in [0.2, 0.25) is 0 Å². The summed E-state index contributed by atoms with van der Waals surface area (Å²) in [4.78, 5) is 14.4. The first kappa shape index (κ1) is 19.7. The smallest absolute Gasteiger partial charge is 0.251 e. The molecule has 4 rings (SSSR count). The summed E-state index contributed by atoms with van der Waals surface area (Å²) in [6.45, 7) is 2.63. The number of fused-ring (bicyclic) bond motifs is 1. The minimum atomic E-state index is -3.37. The van der Waals surface area contributed by atoms with Crippen LogP contribution < -0.4 is 4.74 Å². The van der Waals surface area contributed by atoms with Crippen LogP contribution in [0.3, 0.4) is 0 Å². The van der Waals surface area contributed by atoms with Crippen LogP contribution in [0.4, 0.5) is 0 Å². The number of amides is 1. The third kappa shape index (κ3) is 3.77. The molecule has 0 aromatic heterocycles. The van der Waals surface area contributed by atoms with Gasteiger partial charge in [0.15, 0.2) is 0 Å². The number of carbonyl (C=O) groups excluding carboxylic acids is 1. The number of likely N-dealkylation sites (tertiary alicyclic amines) is 1. The van der Waals surface area contributed by atoms with Crippen LogP contribution in [0.15, 0.2) is 24.3 Å². The van der Waals surface area contributed by atoms with Crippen LogP contribution in [-0.2, 0) is 26.1 Å². The highest BCUT2D eigenvalue weighted by atomic mass is 32.2. The van der Waals surface area contributed by atoms with Gasteiger partial charge in [-0.2, -0.15) is 4.31 Å². The summed E-state index contributed by atoms with van der Waals surface area (Å²) in [5, 5.41) is -0.402. The second-order valence-corrected chi connectivity index (χ2v) is 10.0. The molecule has 0 saturated carbocycles. The molecule has 7 nitrogen and oxygen atoms in total. The molecule has 1 aromatic carbocycles. The molecule has 154 valence electrons. The van der Waals surface area contributed by atoms with E-state index in [-0.39, 0.29) is 17.9 Å². The first-order chi connectivity index (χ1) is 13.5. The van der Waals surface area contributed by atoms with Crippen molar-refractivity contribution in [2.24, 2.45) is 5.92 Å². The van der Waals surface area contributed by atoms with E-state index in [4.69, 9.17) is 9.47 Å². The zero-order chi connectivity index (χ0) is 19.7. The number of methoxy groups -OCH3 is 1. The van der Waals surface area contributed by atoms with E-state index in [1.54, 1.807) is 11.4 Å². The maximum Gasteiger partial charge on any atom is 0.251 e. The summed E-state index contributed by atoms with van der Waals surface area (Å²) in [6, 6.07) is 7.54. The van der Waals surface area contributed by atoms with Gasteiger partial charge in [-0.15, -0.1) is 0 Å². The van der Waals surface area contributed by atoms with E-state index in [0.717, 1.165) is 30.6 Å². The third-order valence-corrected chi connectivity index (χ3v) is 8.55. The van der Waals surface area contributed by atoms with Gasteiger partial charge in [-0.1, -0.05) is 12.1 Å². The van der Waals surface area contributed by atoms with Gasteiger partial charge in [-0.3, -0.25) is 4.79 Å². The lowest BCUT2D eigenvalue weighted by Gasteiger charge is -2.24. The summed E-state index contributed by atoms with van der Waals surface area (Å²) >= 11 is 0. The standard InChI is InChI=1S/C20H28N2O5S/c1-26-17-5-2-4-15(12-17)13-22-14-16-7-9-21(10-8-19(16)28(22,24)25)20(23)18-6-3-11-27-18/h2,4-5,12,16,18-19H,3,6-11,13-14H2,1H3/t16-,18?,19-/m0/s1. The number of ether oxygens (including phenoxy) is 2.